The molecule has 3 rings (SSSR count). The second-order valence-electron chi connectivity index (χ2n) is 5.95. The Hall–Kier alpha value is -1.63. The smallest absolute Gasteiger partial charge is 0.224 e. The van der Waals surface area contributed by atoms with Crippen LogP contribution in [0.25, 0.3) is 10.2 Å². The molecule has 0 saturated heterocycles. The molecule has 0 radical (unpaired) electrons. The van der Waals surface area contributed by atoms with Gasteiger partial charge in [0.15, 0.2) is 0 Å². The molecule has 0 fully saturated rings. The first-order valence-electron chi connectivity index (χ1n) is 8.04. The van der Waals surface area contributed by atoms with Gasteiger partial charge in [0.2, 0.25) is 5.28 Å². The van der Waals surface area contributed by atoms with Crippen LogP contribution in [0, 0.1) is 5.92 Å². The highest BCUT2D eigenvalue weighted by Gasteiger charge is 2.16. The molecule has 0 spiro atoms. The fourth-order valence-corrected chi connectivity index (χ4v) is 3.80. The number of nitrogens with two attached hydrogens (primary N) is 1. The highest BCUT2D eigenvalue weighted by Crippen LogP contribution is 2.32. The van der Waals surface area contributed by atoms with Crippen molar-refractivity contribution in [3.05, 3.63) is 40.4 Å². The first kappa shape index (κ1) is 17.2. The molecule has 5 nitrogen and oxygen atoms in total. The normalized spacial score (nSPS) is 14.0. The Balaban J connectivity index is 1.83. The van der Waals surface area contributed by atoms with Crippen LogP contribution in [-0.4, -0.2) is 16.0 Å². The van der Waals surface area contributed by atoms with Gasteiger partial charge in [-0.2, -0.15) is 4.98 Å². The molecule has 0 bridgehead atoms. The summed E-state index contributed by atoms with van der Waals surface area (Å²) in [6.45, 7) is 4.90. The number of nitrogens with one attached hydrogen (secondary N) is 1. The summed E-state index contributed by atoms with van der Waals surface area (Å²) in [5, 5.41) is 3.52. The zero-order valence-corrected chi connectivity index (χ0v) is 15.3. The van der Waals surface area contributed by atoms with Crippen molar-refractivity contribution in [2.45, 2.75) is 39.3 Å². The average molecular weight is 365 g/mol. The molecule has 3 aromatic heterocycles. The summed E-state index contributed by atoms with van der Waals surface area (Å²) in [6, 6.07) is 5.98. The van der Waals surface area contributed by atoms with Gasteiger partial charge in [0, 0.05) is 10.9 Å². The molecule has 0 saturated carbocycles. The molecule has 3 aromatic rings. The van der Waals surface area contributed by atoms with Crippen LogP contribution in [0.5, 0.6) is 0 Å². The minimum Gasteiger partial charge on any atom is -0.467 e. The highest BCUT2D eigenvalue weighted by molar-refractivity contribution is 7.19. The number of rotatable bonds is 7. The first-order valence-corrected chi connectivity index (χ1v) is 9.24. The maximum Gasteiger partial charge on any atom is 0.224 e. The van der Waals surface area contributed by atoms with Crippen LogP contribution >= 0.6 is 22.9 Å². The molecule has 0 aliphatic carbocycles. The number of thiophene rings is 1. The fraction of sp³-hybridized carbons (Fsp3) is 0.412. The number of furan rings is 1. The summed E-state index contributed by atoms with van der Waals surface area (Å²) >= 11 is 7.74. The van der Waals surface area contributed by atoms with Crippen LogP contribution in [-0.2, 0) is 13.0 Å². The minimum absolute atomic E-state index is 0.144. The number of nitrogens with zero attached hydrogens (tertiary/aromatic N) is 2. The van der Waals surface area contributed by atoms with Crippen molar-refractivity contribution in [1.29, 1.82) is 0 Å². The zero-order chi connectivity index (χ0) is 17.1. The zero-order valence-electron chi connectivity index (χ0n) is 13.8. The molecule has 3 heterocycles. The summed E-state index contributed by atoms with van der Waals surface area (Å²) in [4.78, 5) is 9.86. The van der Waals surface area contributed by atoms with E-state index in [1.807, 2.05) is 12.1 Å². The summed E-state index contributed by atoms with van der Waals surface area (Å²) < 4.78 is 6.34. The molecule has 24 heavy (non-hydrogen) atoms. The van der Waals surface area contributed by atoms with Crippen molar-refractivity contribution < 1.29 is 4.42 Å². The summed E-state index contributed by atoms with van der Waals surface area (Å²) in [5.41, 5.74) is 7.14. The molecule has 0 aliphatic heterocycles. The Labute approximate surface area is 150 Å². The lowest BCUT2D eigenvalue weighted by Gasteiger charge is -2.16. The predicted octanol–water partition coefficient (Wildman–Crippen LogP) is 4.47. The Kier molecular flexibility index (Phi) is 5.38. The van der Waals surface area contributed by atoms with Gasteiger partial charge in [0.1, 0.15) is 11.6 Å². The SMILES string of the molecule is CCC(C)[C@H](N)Cc1cc2nc(Cl)nc(NCc3ccco3)c2s1. The molecule has 0 aromatic carbocycles. The summed E-state index contributed by atoms with van der Waals surface area (Å²) in [7, 11) is 0. The second-order valence-corrected chi connectivity index (χ2v) is 7.43. The van der Waals surface area contributed by atoms with Gasteiger partial charge in [-0.05, 0) is 42.1 Å². The molecule has 128 valence electrons. The van der Waals surface area contributed by atoms with Crippen LogP contribution in [0.2, 0.25) is 5.28 Å². The third-order valence-electron chi connectivity index (χ3n) is 4.22. The van der Waals surface area contributed by atoms with E-state index >= 15 is 0 Å². The fourth-order valence-electron chi connectivity index (χ4n) is 2.49. The van der Waals surface area contributed by atoms with Gasteiger partial charge in [-0.25, -0.2) is 4.98 Å². The van der Waals surface area contributed by atoms with Crippen LogP contribution in [0.1, 0.15) is 30.9 Å². The predicted molar refractivity (Wildman–Crippen MR) is 99.6 cm³/mol. The molecule has 2 atom stereocenters. The van der Waals surface area contributed by atoms with Crippen molar-refractivity contribution in [3.63, 3.8) is 0 Å². The minimum atomic E-state index is 0.144. The number of hydrogen-bond donors (Lipinski definition) is 2. The van der Waals surface area contributed by atoms with Crippen LogP contribution in [0.4, 0.5) is 5.82 Å². The molecule has 0 amide bonds. The average Bonchev–Trinajstić information content (AvgIpc) is 3.20. The van der Waals surface area contributed by atoms with Gasteiger partial charge in [-0.1, -0.05) is 20.3 Å². The second kappa shape index (κ2) is 7.51. The lowest BCUT2D eigenvalue weighted by atomic mass is 9.97. The van der Waals surface area contributed by atoms with Gasteiger partial charge in [-0.3, -0.25) is 0 Å². The topological polar surface area (TPSA) is 77.0 Å². The molecule has 7 heteroatoms. The van der Waals surface area contributed by atoms with E-state index in [2.05, 4.69) is 35.2 Å². The summed E-state index contributed by atoms with van der Waals surface area (Å²) in [6.07, 6.45) is 3.57. The van der Waals surface area contributed by atoms with E-state index in [-0.39, 0.29) is 11.3 Å². The Morgan fingerprint density at radius 1 is 1.42 bits per heavy atom. The van der Waals surface area contributed by atoms with Gasteiger partial charge in [-0.15, -0.1) is 11.3 Å². The van der Waals surface area contributed by atoms with Crippen molar-refractivity contribution in [3.8, 4) is 0 Å². The van der Waals surface area contributed by atoms with Crippen molar-refractivity contribution in [2.75, 3.05) is 5.32 Å². The Bertz CT molecular complexity index is 802. The third kappa shape index (κ3) is 3.88. The van der Waals surface area contributed by atoms with Gasteiger partial charge in [0.05, 0.1) is 23.0 Å². The molecule has 0 aliphatic rings. The van der Waals surface area contributed by atoms with Crippen molar-refractivity contribution in [1.82, 2.24) is 9.97 Å². The maximum absolute atomic E-state index is 6.29. The highest BCUT2D eigenvalue weighted by atomic mass is 35.5. The number of fused-ring (bicyclic) bond motifs is 1. The maximum atomic E-state index is 6.29. The van der Waals surface area contributed by atoms with E-state index < -0.39 is 0 Å². The van der Waals surface area contributed by atoms with Crippen molar-refractivity contribution in [2.24, 2.45) is 11.7 Å². The Morgan fingerprint density at radius 3 is 2.96 bits per heavy atom. The van der Waals surface area contributed by atoms with Gasteiger partial charge < -0.3 is 15.5 Å². The van der Waals surface area contributed by atoms with Crippen LogP contribution < -0.4 is 11.1 Å². The van der Waals surface area contributed by atoms with Crippen LogP contribution in [0.15, 0.2) is 28.9 Å². The number of aromatic nitrogens is 2. The third-order valence-corrected chi connectivity index (χ3v) is 5.54. The lowest BCUT2D eigenvalue weighted by Crippen LogP contribution is -2.29. The number of anilines is 1. The van der Waals surface area contributed by atoms with Gasteiger partial charge in [0.25, 0.3) is 0 Å². The standard InChI is InChI=1S/C17H21ClN4OS/c1-3-10(2)13(19)7-12-8-14-15(24-12)16(22-17(18)21-14)20-9-11-5-4-6-23-11/h4-6,8,10,13H,3,7,9,19H2,1-2H3,(H,20,21,22)/t10?,13-/m1/s1. The van der Waals surface area contributed by atoms with Gasteiger partial charge >= 0.3 is 0 Å². The van der Waals surface area contributed by atoms with E-state index in [4.69, 9.17) is 21.8 Å². The Morgan fingerprint density at radius 2 is 2.25 bits per heavy atom. The monoisotopic (exact) mass is 364 g/mol. The quantitative estimate of drug-likeness (QED) is 0.605. The van der Waals surface area contributed by atoms with Crippen molar-refractivity contribution >= 4 is 39.0 Å². The lowest BCUT2D eigenvalue weighted by molar-refractivity contribution is 0.442. The first-order chi connectivity index (χ1) is 11.6. The van der Waals surface area contributed by atoms with E-state index in [1.54, 1.807) is 17.6 Å². The number of halogens is 1. The summed E-state index contributed by atoms with van der Waals surface area (Å²) in [5.74, 6) is 2.06. The van der Waals surface area contributed by atoms with E-state index in [0.717, 1.165) is 34.6 Å². The van der Waals surface area contributed by atoms with E-state index in [0.29, 0.717) is 12.5 Å². The number of hydrogen-bond acceptors (Lipinski definition) is 6. The van der Waals surface area contributed by atoms with E-state index in [9.17, 15) is 0 Å². The largest absolute Gasteiger partial charge is 0.467 e. The molecule has 3 N–H and O–H groups in total. The van der Waals surface area contributed by atoms with E-state index in [1.165, 1.54) is 4.88 Å². The molecular weight excluding hydrogens is 344 g/mol. The van der Waals surface area contributed by atoms with Crippen LogP contribution in [0.3, 0.4) is 0 Å². The molecular formula is C17H21ClN4OS. The molecule has 1 unspecified atom stereocenters.